The second kappa shape index (κ2) is 9.35. The maximum absolute atomic E-state index is 12.2. The maximum Gasteiger partial charge on any atom is 0.242 e. The lowest BCUT2D eigenvalue weighted by atomic mass is 9.99. The third-order valence-electron chi connectivity index (χ3n) is 4.25. The monoisotopic (exact) mass is 408 g/mol. The minimum Gasteiger partial charge on any atom is -0.350 e. The van der Waals surface area contributed by atoms with Gasteiger partial charge in [0.2, 0.25) is 15.9 Å². The van der Waals surface area contributed by atoms with Crippen molar-refractivity contribution in [3.63, 3.8) is 0 Å². The largest absolute Gasteiger partial charge is 0.350 e. The van der Waals surface area contributed by atoms with Gasteiger partial charge in [-0.2, -0.15) is 0 Å². The zero-order chi connectivity index (χ0) is 20.0. The van der Waals surface area contributed by atoms with Gasteiger partial charge < -0.3 is 5.32 Å². The maximum atomic E-state index is 12.2. The Morgan fingerprint density at radius 1 is 1.00 bits per heavy atom. The number of halogens is 1. The van der Waals surface area contributed by atoms with Crippen molar-refractivity contribution in [1.82, 2.24) is 10.0 Å². The molecule has 5 nitrogen and oxygen atoms in total. The van der Waals surface area contributed by atoms with Crippen LogP contribution in [0.25, 0.3) is 0 Å². The van der Waals surface area contributed by atoms with Gasteiger partial charge in [-0.15, -0.1) is 0 Å². The molecule has 1 unspecified atom stereocenters. The van der Waals surface area contributed by atoms with Crippen molar-refractivity contribution in [2.75, 3.05) is 6.54 Å². The first kappa shape index (κ1) is 21.4. The third-order valence-corrected chi connectivity index (χ3v) is 6.21. The number of carbonyl (C=O) groups is 1. The third kappa shape index (κ3) is 6.06. The highest BCUT2D eigenvalue weighted by atomic mass is 35.5. The Morgan fingerprint density at radius 2 is 1.59 bits per heavy atom. The van der Waals surface area contributed by atoms with Crippen LogP contribution in [0.15, 0.2) is 53.4 Å². The lowest BCUT2D eigenvalue weighted by molar-refractivity contribution is -0.121. The normalized spacial score (nSPS) is 12.8. The lowest BCUT2D eigenvalue weighted by Gasteiger charge is -2.16. The lowest BCUT2D eigenvalue weighted by Crippen LogP contribution is -2.32. The zero-order valence-electron chi connectivity index (χ0n) is 15.7. The van der Waals surface area contributed by atoms with E-state index in [4.69, 9.17) is 11.6 Å². The molecule has 0 aliphatic heterocycles. The van der Waals surface area contributed by atoms with Crippen molar-refractivity contribution in [3.05, 3.63) is 64.7 Å². The summed E-state index contributed by atoms with van der Waals surface area (Å²) in [6.07, 6.45) is 0.0398. The van der Waals surface area contributed by atoms with Gasteiger partial charge in [-0.05, 0) is 36.1 Å². The summed E-state index contributed by atoms with van der Waals surface area (Å²) in [5.41, 5.74) is 2.25. The first-order valence-electron chi connectivity index (χ1n) is 8.84. The van der Waals surface area contributed by atoms with E-state index in [2.05, 4.69) is 36.0 Å². The summed E-state index contributed by atoms with van der Waals surface area (Å²) in [7, 11) is -3.74. The molecule has 27 heavy (non-hydrogen) atoms. The van der Waals surface area contributed by atoms with Crippen molar-refractivity contribution in [2.24, 2.45) is 0 Å². The van der Waals surface area contributed by atoms with E-state index >= 15 is 0 Å². The van der Waals surface area contributed by atoms with E-state index in [-0.39, 0.29) is 34.8 Å². The molecule has 1 amide bonds. The fraction of sp³-hybridized carbons (Fsp3) is 0.350. The van der Waals surface area contributed by atoms with Crippen molar-refractivity contribution in [3.8, 4) is 0 Å². The molecule has 0 bridgehead atoms. The van der Waals surface area contributed by atoms with Gasteiger partial charge in [0.25, 0.3) is 0 Å². The van der Waals surface area contributed by atoms with E-state index in [1.807, 2.05) is 19.1 Å². The molecule has 146 valence electrons. The standard InChI is InChI=1S/C20H25ClN2O3S/c1-14(2)16-8-10-17(11-9-16)15(3)23-20(24)12-13-22-27(25,26)19-7-5-4-6-18(19)21/h4-11,14-15,22H,12-13H2,1-3H3,(H,23,24). The fourth-order valence-electron chi connectivity index (χ4n) is 2.61. The summed E-state index contributed by atoms with van der Waals surface area (Å²) >= 11 is 5.92. The molecule has 0 aliphatic rings. The molecular weight excluding hydrogens is 384 g/mol. The molecule has 0 spiro atoms. The van der Waals surface area contributed by atoms with Crippen molar-refractivity contribution in [2.45, 2.75) is 44.0 Å². The first-order valence-corrected chi connectivity index (χ1v) is 10.7. The topological polar surface area (TPSA) is 75.3 Å². The van der Waals surface area contributed by atoms with Crippen LogP contribution in [-0.2, 0) is 14.8 Å². The summed E-state index contributed by atoms with van der Waals surface area (Å²) < 4.78 is 26.9. The second-order valence-electron chi connectivity index (χ2n) is 6.69. The number of benzene rings is 2. The van der Waals surface area contributed by atoms with Crippen LogP contribution in [-0.4, -0.2) is 20.9 Å². The molecule has 2 N–H and O–H groups in total. The zero-order valence-corrected chi connectivity index (χ0v) is 17.3. The smallest absolute Gasteiger partial charge is 0.242 e. The van der Waals surface area contributed by atoms with Gasteiger partial charge in [0.1, 0.15) is 4.90 Å². The molecule has 0 saturated carbocycles. The summed E-state index contributed by atoms with van der Waals surface area (Å²) in [6, 6.07) is 14.1. The van der Waals surface area contributed by atoms with Crippen molar-refractivity contribution in [1.29, 1.82) is 0 Å². The number of hydrogen-bond acceptors (Lipinski definition) is 3. The Labute approximate surface area is 166 Å². The van der Waals surface area contributed by atoms with E-state index in [1.54, 1.807) is 12.1 Å². The van der Waals surface area contributed by atoms with Crippen LogP contribution in [0.5, 0.6) is 0 Å². The van der Waals surface area contributed by atoms with Crippen molar-refractivity contribution >= 4 is 27.5 Å². The van der Waals surface area contributed by atoms with Crippen LogP contribution in [0.2, 0.25) is 5.02 Å². The van der Waals surface area contributed by atoms with Gasteiger partial charge in [0.15, 0.2) is 0 Å². The van der Waals surface area contributed by atoms with Crippen LogP contribution in [0, 0.1) is 0 Å². The van der Waals surface area contributed by atoms with Gasteiger partial charge >= 0.3 is 0 Å². The van der Waals surface area contributed by atoms with Crippen LogP contribution in [0.1, 0.15) is 50.3 Å². The number of rotatable bonds is 8. The molecule has 1 atom stereocenters. The van der Waals surface area contributed by atoms with Crippen LogP contribution in [0.4, 0.5) is 0 Å². The van der Waals surface area contributed by atoms with Gasteiger partial charge in [-0.25, -0.2) is 13.1 Å². The summed E-state index contributed by atoms with van der Waals surface area (Å²) in [4.78, 5) is 12.1. The summed E-state index contributed by atoms with van der Waals surface area (Å²) in [6.45, 7) is 6.16. The average molecular weight is 409 g/mol. The highest BCUT2D eigenvalue weighted by molar-refractivity contribution is 7.89. The number of hydrogen-bond donors (Lipinski definition) is 2. The highest BCUT2D eigenvalue weighted by Gasteiger charge is 2.17. The van der Waals surface area contributed by atoms with Crippen molar-refractivity contribution < 1.29 is 13.2 Å². The summed E-state index contributed by atoms with van der Waals surface area (Å²) in [5, 5.41) is 3.03. The molecule has 2 aromatic carbocycles. The average Bonchev–Trinajstić information content (AvgIpc) is 2.61. The predicted molar refractivity (Wildman–Crippen MR) is 108 cm³/mol. The van der Waals surface area contributed by atoms with Crippen LogP contribution < -0.4 is 10.0 Å². The number of sulfonamides is 1. The quantitative estimate of drug-likeness (QED) is 0.692. The number of amides is 1. The molecule has 0 radical (unpaired) electrons. The molecule has 0 fully saturated rings. The van der Waals surface area contributed by atoms with E-state index in [0.29, 0.717) is 5.92 Å². The van der Waals surface area contributed by atoms with Gasteiger partial charge in [0, 0.05) is 13.0 Å². The van der Waals surface area contributed by atoms with Crippen LogP contribution in [0.3, 0.4) is 0 Å². The predicted octanol–water partition coefficient (Wildman–Crippen LogP) is 4.01. The molecule has 2 rings (SSSR count). The molecule has 0 saturated heterocycles. The molecule has 2 aromatic rings. The Bertz CT molecular complexity index is 880. The van der Waals surface area contributed by atoms with Gasteiger partial charge in [0.05, 0.1) is 11.1 Å². The minimum absolute atomic E-state index is 0.00159. The molecular formula is C20H25ClN2O3S. The molecule has 7 heteroatoms. The Kier molecular flexibility index (Phi) is 7.41. The minimum atomic E-state index is -3.74. The Morgan fingerprint density at radius 3 is 2.19 bits per heavy atom. The molecule has 0 heterocycles. The van der Waals surface area contributed by atoms with E-state index < -0.39 is 10.0 Å². The fourth-order valence-corrected chi connectivity index (χ4v) is 4.16. The molecule has 0 aliphatic carbocycles. The Hall–Kier alpha value is -1.89. The van der Waals surface area contributed by atoms with Gasteiger partial charge in [-0.1, -0.05) is 61.8 Å². The SMILES string of the molecule is CC(C)c1ccc(C(C)NC(=O)CCNS(=O)(=O)c2ccccc2Cl)cc1. The second-order valence-corrected chi connectivity index (χ2v) is 8.83. The highest BCUT2D eigenvalue weighted by Crippen LogP contribution is 2.20. The summed E-state index contributed by atoms with van der Waals surface area (Å²) in [5.74, 6) is 0.229. The first-order chi connectivity index (χ1) is 12.7. The molecule has 0 aromatic heterocycles. The number of carbonyl (C=O) groups excluding carboxylic acids is 1. The van der Waals surface area contributed by atoms with Crippen LogP contribution >= 0.6 is 11.6 Å². The van der Waals surface area contributed by atoms with Gasteiger partial charge in [-0.3, -0.25) is 4.79 Å². The van der Waals surface area contributed by atoms with E-state index in [1.165, 1.54) is 17.7 Å². The van der Waals surface area contributed by atoms with E-state index in [0.717, 1.165) is 5.56 Å². The van der Waals surface area contributed by atoms with E-state index in [9.17, 15) is 13.2 Å². The Balaban J connectivity index is 1.86. The number of nitrogens with one attached hydrogen (secondary N) is 2.